The molecule has 0 amide bonds. The van der Waals surface area contributed by atoms with E-state index in [-0.39, 0.29) is 0 Å². The lowest BCUT2D eigenvalue weighted by Gasteiger charge is -2.08. The Hall–Kier alpha value is -3.41. The van der Waals surface area contributed by atoms with Crippen LogP contribution in [0.1, 0.15) is 23.7 Å². The topological polar surface area (TPSA) is 95.6 Å². The maximum Gasteiger partial charge on any atom is 0.160 e. The summed E-state index contributed by atoms with van der Waals surface area (Å²) >= 11 is 0. The Kier molecular flexibility index (Phi) is 3.79. The highest BCUT2D eigenvalue weighted by molar-refractivity contribution is 5.77. The maximum atomic E-state index is 5.85. The first-order valence-corrected chi connectivity index (χ1v) is 9.51. The monoisotopic (exact) mass is 370 g/mol. The molecule has 0 aliphatic heterocycles. The number of anilines is 2. The fourth-order valence-electron chi connectivity index (χ4n) is 4.01. The van der Waals surface area contributed by atoms with E-state index >= 15 is 0 Å². The van der Waals surface area contributed by atoms with Gasteiger partial charge in [0.1, 0.15) is 23.0 Å². The normalized spacial score (nSPS) is 18.5. The van der Waals surface area contributed by atoms with E-state index in [1.807, 2.05) is 19.1 Å². The highest BCUT2D eigenvalue weighted by Crippen LogP contribution is 2.48. The van der Waals surface area contributed by atoms with Gasteiger partial charge >= 0.3 is 0 Å². The van der Waals surface area contributed by atoms with Crippen molar-refractivity contribution in [2.75, 3.05) is 11.5 Å². The number of rotatable bonds is 4. The second kappa shape index (κ2) is 6.34. The van der Waals surface area contributed by atoms with Crippen LogP contribution in [0.2, 0.25) is 0 Å². The van der Waals surface area contributed by atoms with Gasteiger partial charge in [-0.3, -0.25) is 0 Å². The van der Waals surface area contributed by atoms with E-state index in [1.165, 1.54) is 12.0 Å². The number of fused-ring (bicyclic) bond motifs is 1. The third-order valence-corrected chi connectivity index (χ3v) is 5.51. The lowest BCUT2D eigenvalue weighted by atomic mass is 10.1. The van der Waals surface area contributed by atoms with Gasteiger partial charge in [0.05, 0.1) is 5.69 Å². The molecule has 2 atom stereocenters. The third-order valence-electron chi connectivity index (χ3n) is 5.51. The van der Waals surface area contributed by atoms with Crippen molar-refractivity contribution in [3.63, 3.8) is 0 Å². The molecular weight excluding hydrogens is 348 g/mol. The number of aromatic nitrogens is 4. The van der Waals surface area contributed by atoms with Gasteiger partial charge in [-0.25, -0.2) is 15.0 Å². The predicted molar refractivity (Wildman–Crippen MR) is 112 cm³/mol. The molecule has 140 valence electrons. The standard InChI is InChI=1S/C22H22N6/c1-13-25-19-8-7-18(15-10-20(23)27-21(24)11-15)26-22(19)28(13)12-16-9-17(16)14-5-3-2-4-6-14/h2-8,10-11,16-17H,9,12H2,1H3,(H4,23,24,27). The van der Waals surface area contributed by atoms with Crippen molar-refractivity contribution in [1.82, 2.24) is 19.5 Å². The third kappa shape index (κ3) is 2.97. The van der Waals surface area contributed by atoms with Gasteiger partial charge in [-0.2, -0.15) is 0 Å². The van der Waals surface area contributed by atoms with Crippen LogP contribution >= 0.6 is 0 Å². The molecule has 5 rings (SSSR count). The Morgan fingerprint density at radius 2 is 1.71 bits per heavy atom. The lowest BCUT2D eigenvalue weighted by molar-refractivity contribution is 0.608. The minimum absolute atomic E-state index is 0.394. The molecule has 0 bridgehead atoms. The first kappa shape index (κ1) is 16.7. The molecule has 3 aromatic heterocycles. The number of pyridine rings is 2. The molecule has 2 unspecified atom stereocenters. The van der Waals surface area contributed by atoms with Crippen molar-refractivity contribution in [2.45, 2.75) is 25.8 Å². The van der Waals surface area contributed by atoms with Gasteiger partial charge in [0, 0.05) is 12.1 Å². The van der Waals surface area contributed by atoms with Crippen LogP contribution in [-0.4, -0.2) is 19.5 Å². The number of aryl methyl sites for hydroxylation is 1. The quantitative estimate of drug-likeness (QED) is 0.570. The van der Waals surface area contributed by atoms with E-state index in [0.29, 0.717) is 23.5 Å². The van der Waals surface area contributed by atoms with Crippen LogP contribution in [0.3, 0.4) is 0 Å². The molecule has 6 heteroatoms. The summed E-state index contributed by atoms with van der Waals surface area (Å²) in [6.45, 7) is 2.97. The smallest absolute Gasteiger partial charge is 0.160 e. The second-order valence-electron chi connectivity index (χ2n) is 7.53. The number of hydrogen-bond donors (Lipinski definition) is 2. The van der Waals surface area contributed by atoms with Gasteiger partial charge < -0.3 is 16.0 Å². The number of benzene rings is 1. The fraction of sp³-hybridized carbons (Fsp3) is 0.227. The summed E-state index contributed by atoms with van der Waals surface area (Å²) in [5, 5.41) is 0. The SMILES string of the molecule is Cc1nc2ccc(-c3cc(N)nc(N)c3)nc2n1CC1CC1c1ccccc1. The largest absolute Gasteiger partial charge is 0.384 e. The zero-order valence-corrected chi connectivity index (χ0v) is 15.7. The summed E-state index contributed by atoms with van der Waals surface area (Å²) in [5.41, 5.74) is 16.6. The summed E-state index contributed by atoms with van der Waals surface area (Å²) < 4.78 is 2.24. The number of nitrogens with zero attached hydrogens (tertiary/aromatic N) is 4. The van der Waals surface area contributed by atoms with E-state index in [4.69, 9.17) is 21.4 Å². The zero-order chi connectivity index (χ0) is 19.3. The van der Waals surface area contributed by atoms with Crippen LogP contribution in [-0.2, 0) is 6.54 Å². The van der Waals surface area contributed by atoms with Crippen molar-refractivity contribution >= 4 is 22.8 Å². The van der Waals surface area contributed by atoms with Crippen LogP contribution in [0, 0.1) is 12.8 Å². The Labute approximate surface area is 163 Å². The summed E-state index contributed by atoms with van der Waals surface area (Å²) in [4.78, 5) is 13.6. The Bertz CT molecular complexity index is 1140. The van der Waals surface area contributed by atoms with Crippen molar-refractivity contribution < 1.29 is 0 Å². The minimum Gasteiger partial charge on any atom is -0.384 e. The summed E-state index contributed by atoms with van der Waals surface area (Å²) in [5.74, 6) is 3.03. The average molecular weight is 370 g/mol. The predicted octanol–water partition coefficient (Wildman–Crippen LogP) is 3.77. The van der Waals surface area contributed by atoms with Crippen LogP contribution in [0.15, 0.2) is 54.6 Å². The van der Waals surface area contributed by atoms with Crippen molar-refractivity contribution in [3.8, 4) is 11.3 Å². The number of nitrogen functional groups attached to an aromatic ring is 2. The van der Waals surface area contributed by atoms with Gasteiger partial charge in [0.2, 0.25) is 0 Å². The average Bonchev–Trinajstić information content (AvgIpc) is 3.39. The van der Waals surface area contributed by atoms with Crippen molar-refractivity contribution in [1.29, 1.82) is 0 Å². The Morgan fingerprint density at radius 3 is 2.46 bits per heavy atom. The number of hydrogen-bond acceptors (Lipinski definition) is 5. The molecule has 1 aliphatic carbocycles. The van der Waals surface area contributed by atoms with Crippen LogP contribution in [0.5, 0.6) is 0 Å². The molecular formula is C22H22N6. The van der Waals surface area contributed by atoms with Crippen LogP contribution in [0.25, 0.3) is 22.4 Å². The molecule has 1 fully saturated rings. The molecule has 1 saturated carbocycles. The molecule has 0 saturated heterocycles. The molecule has 0 radical (unpaired) electrons. The number of imidazole rings is 1. The van der Waals surface area contributed by atoms with Gasteiger partial charge in [-0.15, -0.1) is 0 Å². The molecule has 4 aromatic rings. The van der Waals surface area contributed by atoms with E-state index in [9.17, 15) is 0 Å². The van der Waals surface area contributed by atoms with Crippen LogP contribution in [0.4, 0.5) is 11.6 Å². The Balaban J connectivity index is 1.48. The molecule has 0 spiro atoms. The molecule has 1 aromatic carbocycles. The van der Waals surface area contributed by atoms with Gasteiger partial charge in [-0.1, -0.05) is 30.3 Å². The first-order valence-electron chi connectivity index (χ1n) is 9.51. The van der Waals surface area contributed by atoms with Crippen molar-refractivity contribution in [3.05, 3.63) is 66.0 Å². The van der Waals surface area contributed by atoms with Crippen molar-refractivity contribution in [2.24, 2.45) is 5.92 Å². The fourth-order valence-corrected chi connectivity index (χ4v) is 4.01. The van der Waals surface area contributed by atoms with Crippen LogP contribution < -0.4 is 11.5 Å². The molecule has 4 N–H and O–H groups in total. The summed E-state index contributed by atoms with van der Waals surface area (Å²) in [6.07, 6.45) is 1.21. The van der Waals surface area contributed by atoms with E-state index in [2.05, 4.69) is 39.9 Å². The zero-order valence-electron chi connectivity index (χ0n) is 15.7. The lowest BCUT2D eigenvalue weighted by Crippen LogP contribution is -2.05. The highest BCUT2D eigenvalue weighted by Gasteiger charge is 2.38. The van der Waals surface area contributed by atoms with E-state index in [0.717, 1.165) is 34.8 Å². The summed E-state index contributed by atoms with van der Waals surface area (Å²) in [7, 11) is 0. The highest BCUT2D eigenvalue weighted by atomic mass is 15.1. The molecule has 1 aliphatic rings. The molecule has 6 nitrogen and oxygen atoms in total. The van der Waals surface area contributed by atoms with E-state index in [1.54, 1.807) is 12.1 Å². The Morgan fingerprint density at radius 1 is 0.964 bits per heavy atom. The van der Waals surface area contributed by atoms with Gasteiger partial charge in [0.25, 0.3) is 0 Å². The summed E-state index contributed by atoms with van der Waals surface area (Å²) in [6, 6.07) is 18.3. The molecule has 3 heterocycles. The van der Waals surface area contributed by atoms with Gasteiger partial charge in [0.15, 0.2) is 5.65 Å². The number of nitrogens with two attached hydrogens (primary N) is 2. The van der Waals surface area contributed by atoms with E-state index < -0.39 is 0 Å². The second-order valence-corrected chi connectivity index (χ2v) is 7.53. The van der Waals surface area contributed by atoms with Gasteiger partial charge in [-0.05, 0) is 55.0 Å². The first-order chi connectivity index (χ1) is 13.6. The maximum absolute atomic E-state index is 5.85. The minimum atomic E-state index is 0.394. The molecule has 28 heavy (non-hydrogen) atoms.